The molecule has 0 bridgehead atoms. The molecule has 8 aromatic carbocycles. The molecule has 0 saturated carbocycles. The highest BCUT2D eigenvalue weighted by Gasteiger charge is 2.34. The van der Waals surface area contributed by atoms with Crippen LogP contribution in [0, 0.1) is 0 Å². The summed E-state index contributed by atoms with van der Waals surface area (Å²) >= 11 is 0. The van der Waals surface area contributed by atoms with Crippen LogP contribution in [-0.2, 0) is 5.41 Å². The topological polar surface area (TPSA) is 0 Å². The first kappa shape index (κ1) is 24.4. The first-order valence-corrected chi connectivity index (χ1v) is 15.2. The monoisotopic (exact) mass is 546 g/mol. The van der Waals surface area contributed by atoms with Crippen molar-refractivity contribution in [3.05, 3.63) is 157 Å². The number of fused-ring (bicyclic) bond motifs is 5. The van der Waals surface area contributed by atoms with Crippen molar-refractivity contribution in [3.63, 3.8) is 0 Å². The molecule has 0 spiro atoms. The molecular formula is C43H30. The lowest BCUT2D eigenvalue weighted by Crippen LogP contribution is -2.23. The van der Waals surface area contributed by atoms with Crippen LogP contribution in [0.25, 0.3) is 76.5 Å². The third-order valence-electron chi connectivity index (χ3n) is 9.82. The lowest BCUT2D eigenvalue weighted by molar-refractivity contribution is 0.645. The van der Waals surface area contributed by atoms with E-state index in [-0.39, 0.29) is 5.41 Å². The normalized spacial score (nSPS) is 13.5. The van der Waals surface area contributed by atoms with E-state index in [1.807, 2.05) is 0 Å². The second-order valence-electron chi connectivity index (χ2n) is 12.5. The van der Waals surface area contributed by atoms with Crippen LogP contribution >= 0.6 is 0 Å². The third kappa shape index (κ3) is 3.38. The van der Waals surface area contributed by atoms with Crippen molar-refractivity contribution in [2.24, 2.45) is 0 Å². The van der Waals surface area contributed by atoms with Crippen LogP contribution in [0.5, 0.6) is 0 Å². The van der Waals surface area contributed by atoms with Crippen LogP contribution in [0.15, 0.2) is 146 Å². The SMILES string of the molecule is CC1(C)c2ccccc2-c2cccc3cc(-c4c5ccccc5c(-c5cccc6ccccc56)c5ccccc45)cc1c23. The maximum absolute atomic E-state index is 2.49. The molecule has 43 heavy (non-hydrogen) atoms. The van der Waals surface area contributed by atoms with Crippen molar-refractivity contribution in [2.45, 2.75) is 19.3 Å². The van der Waals surface area contributed by atoms with Crippen molar-refractivity contribution in [3.8, 4) is 33.4 Å². The molecule has 0 nitrogen and oxygen atoms in total. The Morgan fingerprint density at radius 2 is 0.884 bits per heavy atom. The predicted octanol–water partition coefficient (Wildman–Crippen LogP) is 11.9. The molecule has 0 N–H and O–H groups in total. The lowest BCUT2D eigenvalue weighted by Gasteiger charge is -2.35. The molecule has 0 atom stereocenters. The quantitative estimate of drug-likeness (QED) is 0.189. The molecule has 1 aliphatic carbocycles. The number of rotatable bonds is 2. The fraction of sp³-hybridized carbons (Fsp3) is 0.0698. The Kier molecular flexibility index (Phi) is 5.05. The highest BCUT2D eigenvalue weighted by Crippen LogP contribution is 2.51. The van der Waals surface area contributed by atoms with Gasteiger partial charge < -0.3 is 0 Å². The van der Waals surface area contributed by atoms with E-state index in [9.17, 15) is 0 Å². The van der Waals surface area contributed by atoms with Gasteiger partial charge in [-0.1, -0.05) is 147 Å². The zero-order chi connectivity index (χ0) is 28.7. The van der Waals surface area contributed by atoms with Crippen LogP contribution in [0.2, 0.25) is 0 Å². The fourth-order valence-corrected chi connectivity index (χ4v) is 7.87. The summed E-state index contributed by atoms with van der Waals surface area (Å²) < 4.78 is 0. The first-order chi connectivity index (χ1) is 21.1. The molecule has 0 aliphatic heterocycles. The Morgan fingerprint density at radius 3 is 1.60 bits per heavy atom. The Labute approximate surface area is 251 Å². The predicted molar refractivity (Wildman–Crippen MR) is 185 cm³/mol. The third-order valence-corrected chi connectivity index (χ3v) is 9.82. The largest absolute Gasteiger partial charge is 0.0619 e. The summed E-state index contributed by atoms with van der Waals surface area (Å²) in [6.07, 6.45) is 0. The zero-order valence-electron chi connectivity index (χ0n) is 24.4. The van der Waals surface area contributed by atoms with Gasteiger partial charge in [0.15, 0.2) is 0 Å². The molecule has 0 heteroatoms. The van der Waals surface area contributed by atoms with E-state index < -0.39 is 0 Å². The molecule has 0 amide bonds. The van der Waals surface area contributed by atoms with E-state index in [2.05, 4.69) is 159 Å². The summed E-state index contributed by atoms with van der Waals surface area (Å²) in [5.41, 5.74) is 10.6. The summed E-state index contributed by atoms with van der Waals surface area (Å²) in [7, 11) is 0. The molecule has 8 aromatic rings. The average molecular weight is 547 g/mol. The van der Waals surface area contributed by atoms with Gasteiger partial charge in [0, 0.05) is 5.41 Å². The first-order valence-electron chi connectivity index (χ1n) is 15.2. The van der Waals surface area contributed by atoms with E-state index in [0.29, 0.717) is 0 Å². The molecule has 0 aromatic heterocycles. The van der Waals surface area contributed by atoms with Crippen molar-refractivity contribution >= 4 is 43.1 Å². The molecule has 0 unspecified atom stereocenters. The van der Waals surface area contributed by atoms with Crippen molar-refractivity contribution < 1.29 is 0 Å². The summed E-state index contributed by atoms with van der Waals surface area (Å²) in [6.45, 7) is 4.78. The zero-order valence-corrected chi connectivity index (χ0v) is 24.4. The molecule has 9 rings (SSSR count). The molecule has 0 heterocycles. The van der Waals surface area contributed by atoms with Crippen molar-refractivity contribution in [1.82, 2.24) is 0 Å². The molecule has 0 fully saturated rings. The minimum Gasteiger partial charge on any atom is -0.0619 e. The van der Waals surface area contributed by atoms with Gasteiger partial charge in [0.05, 0.1) is 0 Å². The fourth-order valence-electron chi connectivity index (χ4n) is 7.87. The van der Waals surface area contributed by atoms with Gasteiger partial charge in [0.25, 0.3) is 0 Å². The molecular weight excluding hydrogens is 516 g/mol. The van der Waals surface area contributed by atoms with Gasteiger partial charge in [0.2, 0.25) is 0 Å². The van der Waals surface area contributed by atoms with Gasteiger partial charge in [-0.2, -0.15) is 0 Å². The van der Waals surface area contributed by atoms with Gasteiger partial charge in [-0.25, -0.2) is 0 Å². The summed E-state index contributed by atoms with van der Waals surface area (Å²) in [5, 5.41) is 10.4. The smallest absolute Gasteiger partial charge is 0.0159 e. The minimum absolute atomic E-state index is 0.117. The number of hydrogen-bond acceptors (Lipinski definition) is 0. The second-order valence-corrected chi connectivity index (χ2v) is 12.5. The minimum atomic E-state index is -0.117. The molecule has 1 aliphatic rings. The second kappa shape index (κ2) is 8.90. The number of benzene rings is 8. The summed E-state index contributed by atoms with van der Waals surface area (Å²) in [6, 6.07) is 54.2. The van der Waals surface area contributed by atoms with Gasteiger partial charge in [-0.3, -0.25) is 0 Å². The highest BCUT2D eigenvalue weighted by atomic mass is 14.4. The maximum atomic E-state index is 2.49. The maximum Gasteiger partial charge on any atom is 0.0159 e. The summed E-state index contributed by atoms with van der Waals surface area (Å²) in [4.78, 5) is 0. The lowest BCUT2D eigenvalue weighted by atomic mass is 9.68. The van der Waals surface area contributed by atoms with Gasteiger partial charge in [-0.15, -0.1) is 0 Å². The van der Waals surface area contributed by atoms with Crippen LogP contribution in [0.1, 0.15) is 25.0 Å². The Morgan fingerprint density at radius 1 is 0.372 bits per heavy atom. The van der Waals surface area contributed by atoms with Gasteiger partial charge in [-0.05, 0) is 99.7 Å². The highest BCUT2D eigenvalue weighted by molar-refractivity contribution is 6.24. The van der Waals surface area contributed by atoms with E-state index in [0.717, 1.165) is 0 Å². The van der Waals surface area contributed by atoms with Crippen LogP contribution in [-0.4, -0.2) is 0 Å². The van der Waals surface area contributed by atoms with E-state index >= 15 is 0 Å². The van der Waals surface area contributed by atoms with Gasteiger partial charge in [0.1, 0.15) is 0 Å². The van der Waals surface area contributed by atoms with Crippen LogP contribution < -0.4 is 0 Å². The Balaban J connectivity index is 1.42. The van der Waals surface area contributed by atoms with Crippen LogP contribution in [0.3, 0.4) is 0 Å². The average Bonchev–Trinajstić information content (AvgIpc) is 3.05. The number of hydrogen-bond donors (Lipinski definition) is 0. The van der Waals surface area contributed by atoms with E-state index in [4.69, 9.17) is 0 Å². The van der Waals surface area contributed by atoms with E-state index in [1.54, 1.807) is 0 Å². The molecule has 202 valence electrons. The standard InChI is InChI=1S/C43H30/c1-43(2)38-24-10-9-17-31(38)33-23-12-15-28-25-29(26-39(43)41(28)33)40-34-18-5-7-20-36(34)42(37-21-8-6-19-35(37)40)32-22-11-14-27-13-3-4-16-30(27)32/h3-26H,1-2H3. The molecule has 0 radical (unpaired) electrons. The van der Waals surface area contributed by atoms with Crippen molar-refractivity contribution in [1.29, 1.82) is 0 Å². The van der Waals surface area contributed by atoms with Gasteiger partial charge >= 0.3 is 0 Å². The Bertz CT molecular complexity index is 2360. The van der Waals surface area contributed by atoms with Crippen LogP contribution in [0.4, 0.5) is 0 Å². The summed E-state index contributed by atoms with van der Waals surface area (Å²) in [5.74, 6) is 0. The van der Waals surface area contributed by atoms with Crippen molar-refractivity contribution in [2.75, 3.05) is 0 Å². The Hall–Kier alpha value is -5.20. The molecule has 0 saturated heterocycles. The van der Waals surface area contributed by atoms with E-state index in [1.165, 1.54) is 87.6 Å².